The highest BCUT2D eigenvalue weighted by Crippen LogP contribution is 2.17. The van der Waals surface area contributed by atoms with E-state index in [4.69, 9.17) is 4.74 Å². The van der Waals surface area contributed by atoms with Gasteiger partial charge in [0.25, 0.3) is 5.91 Å². The Morgan fingerprint density at radius 3 is 2.48 bits per heavy atom. The first-order valence-corrected chi connectivity index (χ1v) is 6.77. The lowest BCUT2D eigenvalue weighted by Crippen LogP contribution is -2.47. The number of hydrogen-bond acceptors (Lipinski definition) is 3. The zero-order valence-corrected chi connectivity index (χ0v) is 12.7. The lowest BCUT2D eigenvalue weighted by molar-refractivity contribution is -0.140. The second kappa shape index (κ2) is 6.85. The van der Waals surface area contributed by atoms with E-state index < -0.39 is 23.3 Å². The lowest BCUT2D eigenvalue weighted by atomic mass is 10.1. The number of aliphatic hydroxyl groups is 1. The molecule has 0 aliphatic heterocycles. The molecule has 118 valence electrons. The summed E-state index contributed by atoms with van der Waals surface area (Å²) in [6, 6.07) is 3.09. The third kappa shape index (κ3) is 5.30. The number of benzene rings is 1. The van der Waals surface area contributed by atoms with Gasteiger partial charge >= 0.3 is 0 Å². The maximum atomic E-state index is 13.1. The number of hydrogen-bond donors (Lipinski definition) is 1. The van der Waals surface area contributed by atoms with Crippen LogP contribution in [0.25, 0.3) is 0 Å². The van der Waals surface area contributed by atoms with Crippen LogP contribution in [-0.4, -0.2) is 40.7 Å². The van der Waals surface area contributed by atoms with Crippen LogP contribution >= 0.6 is 0 Å². The molecule has 4 nitrogen and oxygen atoms in total. The van der Waals surface area contributed by atoms with Crippen LogP contribution in [0.4, 0.5) is 8.78 Å². The lowest BCUT2D eigenvalue weighted by Gasteiger charge is -2.30. The van der Waals surface area contributed by atoms with Crippen LogP contribution in [-0.2, 0) is 4.79 Å². The number of likely N-dealkylation sites (N-methyl/N-ethyl adjacent to an activating group) is 1. The second-order valence-electron chi connectivity index (χ2n) is 5.50. The van der Waals surface area contributed by atoms with Gasteiger partial charge in [0.2, 0.25) is 0 Å². The largest absolute Gasteiger partial charge is 0.481 e. The van der Waals surface area contributed by atoms with Crippen LogP contribution in [0.5, 0.6) is 5.75 Å². The molecule has 0 aromatic heterocycles. The van der Waals surface area contributed by atoms with Crippen molar-refractivity contribution in [2.45, 2.75) is 39.4 Å². The van der Waals surface area contributed by atoms with Gasteiger partial charge in [-0.05, 0) is 39.8 Å². The van der Waals surface area contributed by atoms with Crippen LogP contribution in [0.3, 0.4) is 0 Å². The molecular weight excluding hydrogens is 280 g/mol. The summed E-state index contributed by atoms with van der Waals surface area (Å²) in [5.74, 6) is -2.26. The first-order valence-electron chi connectivity index (χ1n) is 6.77. The van der Waals surface area contributed by atoms with Crippen molar-refractivity contribution in [1.82, 2.24) is 4.90 Å². The van der Waals surface area contributed by atoms with Crippen molar-refractivity contribution in [2.75, 3.05) is 13.1 Å². The maximum Gasteiger partial charge on any atom is 0.263 e. The summed E-state index contributed by atoms with van der Waals surface area (Å²) in [4.78, 5) is 13.7. The molecule has 1 aromatic carbocycles. The molecule has 0 aliphatic rings. The van der Waals surface area contributed by atoms with E-state index in [-0.39, 0.29) is 18.2 Å². The Kier molecular flexibility index (Phi) is 5.66. The predicted octanol–water partition coefficient (Wildman–Crippen LogP) is 2.35. The summed E-state index contributed by atoms with van der Waals surface area (Å²) in [7, 11) is 0. The summed E-state index contributed by atoms with van der Waals surface area (Å²) in [6.45, 7) is 7.08. The number of rotatable bonds is 6. The van der Waals surface area contributed by atoms with Crippen LogP contribution < -0.4 is 4.74 Å². The average Bonchev–Trinajstić information content (AvgIpc) is 2.38. The predicted molar refractivity (Wildman–Crippen MR) is 75.0 cm³/mol. The third-order valence-electron chi connectivity index (χ3n) is 2.82. The first-order chi connectivity index (χ1) is 9.64. The number of ether oxygens (including phenoxy) is 1. The van der Waals surface area contributed by atoms with Crippen LogP contribution in [0.15, 0.2) is 18.2 Å². The molecule has 0 heterocycles. The molecule has 0 saturated heterocycles. The van der Waals surface area contributed by atoms with Crippen LogP contribution in [0.2, 0.25) is 0 Å². The molecule has 1 unspecified atom stereocenters. The molecule has 1 rings (SSSR count). The molecular formula is C15H21F2NO3. The molecule has 21 heavy (non-hydrogen) atoms. The molecule has 1 N–H and O–H groups in total. The standard InChI is InChI=1S/C15H21F2NO3/c1-5-18(9-15(3,4)20)14(19)10(2)21-11-6-7-12(16)13(17)8-11/h6-8,10,20H,5,9H2,1-4H3. The minimum atomic E-state index is -1.03. The first kappa shape index (κ1) is 17.4. The number of carbonyl (C=O) groups is 1. The van der Waals surface area contributed by atoms with Gasteiger partial charge in [0.15, 0.2) is 17.7 Å². The Hall–Kier alpha value is -1.69. The SMILES string of the molecule is CCN(CC(C)(C)O)C(=O)C(C)Oc1ccc(F)c(F)c1. The van der Waals surface area contributed by atoms with Crippen molar-refractivity contribution in [3.05, 3.63) is 29.8 Å². The summed E-state index contributed by atoms with van der Waals surface area (Å²) >= 11 is 0. The monoisotopic (exact) mass is 301 g/mol. The zero-order chi connectivity index (χ0) is 16.2. The van der Waals surface area contributed by atoms with Gasteiger partial charge in [0, 0.05) is 19.2 Å². The van der Waals surface area contributed by atoms with Gasteiger partial charge in [-0.25, -0.2) is 8.78 Å². The zero-order valence-electron chi connectivity index (χ0n) is 12.7. The van der Waals surface area contributed by atoms with Crippen molar-refractivity contribution in [1.29, 1.82) is 0 Å². The Labute approximate surface area is 123 Å². The highest BCUT2D eigenvalue weighted by molar-refractivity contribution is 5.81. The fourth-order valence-corrected chi connectivity index (χ4v) is 1.87. The van der Waals surface area contributed by atoms with Crippen molar-refractivity contribution >= 4 is 5.91 Å². The highest BCUT2D eigenvalue weighted by Gasteiger charge is 2.26. The molecule has 6 heteroatoms. The van der Waals surface area contributed by atoms with E-state index in [1.165, 1.54) is 17.9 Å². The normalized spacial score (nSPS) is 12.9. The fourth-order valence-electron chi connectivity index (χ4n) is 1.87. The molecule has 0 aliphatic carbocycles. The van der Waals surface area contributed by atoms with Crippen LogP contribution in [0.1, 0.15) is 27.7 Å². The topological polar surface area (TPSA) is 49.8 Å². The quantitative estimate of drug-likeness (QED) is 0.877. The van der Waals surface area contributed by atoms with E-state index in [0.29, 0.717) is 6.54 Å². The number of amides is 1. The third-order valence-corrected chi connectivity index (χ3v) is 2.82. The molecule has 0 bridgehead atoms. The van der Waals surface area contributed by atoms with Crippen molar-refractivity contribution < 1.29 is 23.4 Å². The van der Waals surface area contributed by atoms with Gasteiger partial charge < -0.3 is 14.7 Å². The molecule has 1 atom stereocenters. The van der Waals surface area contributed by atoms with Gasteiger partial charge in [0.1, 0.15) is 5.75 Å². The van der Waals surface area contributed by atoms with Gasteiger partial charge in [-0.15, -0.1) is 0 Å². The minimum absolute atomic E-state index is 0.0778. The molecule has 0 saturated carbocycles. The summed E-state index contributed by atoms with van der Waals surface area (Å²) in [5.41, 5.74) is -1.02. The Morgan fingerprint density at radius 1 is 1.38 bits per heavy atom. The van der Waals surface area contributed by atoms with E-state index in [2.05, 4.69) is 0 Å². The van der Waals surface area contributed by atoms with Crippen LogP contribution in [0, 0.1) is 11.6 Å². The van der Waals surface area contributed by atoms with Gasteiger partial charge in [0.05, 0.1) is 5.60 Å². The Bertz CT molecular complexity index is 500. The minimum Gasteiger partial charge on any atom is -0.481 e. The molecule has 1 amide bonds. The van der Waals surface area contributed by atoms with Crippen molar-refractivity contribution in [3.8, 4) is 5.75 Å². The maximum absolute atomic E-state index is 13.1. The molecule has 0 fully saturated rings. The van der Waals surface area contributed by atoms with E-state index >= 15 is 0 Å². The number of nitrogens with zero attached hydrogens (tertiary/aromatic N) is 1. The second-order valence-corrected chi connectivity index (χ2v) is 5.50. The number of carbonyl (C=O) groups excluding carboxylic acids is 1. The Balaban J connectivity index is 2.74. The molecule has 0 radical (unpaired) electrons. The van der Waals surface area contributed by atoms with Gasteiger partial charge in [-0.1, -0.05) is 0 Å². The van der Waals surface area contributed by atoms with E-state index in [1.807, 2.05) is 0 Å². The summed E-state index contributed by atoms with van der Waals surface area (Å²) in [5, 5.41) is 9.78. The van der Waals surface area contributed by atoms with Gasteiger partial charge in [-0.3, -0.25) is 4.79 Å². The average molecular weight is 301 g/mol. The Morgan fingerprint density at radius 2 is 2.00 bits per heavy atom. The highest BCUT2D eigenvalue weighted by atomic mass is 19.2. The van der Waals surface area contributed by atoms with Gasteiger partial charge in [-0.2, -0.15) is 0 Å². The van der Waals surface area contributed by atoms with Crippen molar-refractivity contribution in [2.24, 2.45) is 0 Å². The van der Waals surface area contributed by atoms with E-state index in [0.717, 1.165) is 12.1 Å². The number of halogens is 2. The van der Waals surface area contributed by atoms with E-state index in [1.54, 1.807) is 20.8 Å². The fraction of sp³-hybridized carbons (Fsp3) is 0.533. The summed E-state index contributed by atoms with van der Waals surface area (Å²) < 4.78 is 31.3. The van der Waals surface area contributed by atoms with E-state index in [9.17, 15) is 18.7 Å². The smallest absolute Gasteiger partial charge is 0.263 e. The molecule has 0 spiro atoms. The molecule has 1 aromatic rings. The van der Waals surface area contributed by atoms with Crippen molar-refractivity contribution in [3.63, 3.8) is 0 Å². The summed E-state index contributed by atoms with van der Waals surface area (Å²) in [6.07, 6.45) is -0.864.